The molecule has 19 heavy (non-hydrogen) atoms. The van der Waals surface area contributed by atoms with E-state index in [1.54, 1.807) is 18.7 Å². The Kier molecular flexibility index (Phi) is 3.83. The van der Waals surface area contributed by atoms with Gasteiger partial charge in [-0.1, -0.05) is 30.3 Å². The summed E-state index contributed by atoms with van der Waals surface area (Å²) in [6.45, 7) is 2.12. The van der Waals surface area contributed by atoms with Crippen LogP contribution in [0.25, 0.3) is 0 Å². The van der Waals surface area contributed by atoms with Crippen LogP contribution in [0.2, 0.25) is 0 Å². The summed E-state index contributed by atoms with van der Waals surface area (Å²) in [5.74, 6) is 0.634. The second-order valence-corrected chi connectivity index (χ2v) is 4.35. The predicted molar refractivity (Wildman–Crippen MR) is 72.6 cm³/mol. The molecule has 0 aliphatic heterocycles. The van der Waals surface area contributed by atoms with Crippen molar-refractivity contribution in [3.8, 4) is 6.07 Å². The van der Waals surface area contributed by atoms with Gasteiger partial charge in [0.2, 0.25) is 0 Å². The molecule has 2 N–H and O–H groups in total. The Hall–Kier alpha value is -2.32. The van der Waals surface area contributed by atoms with Gasteiger partial charge in [-0.3, -0.25) is 4.68 Å². The summed E-state index contributed by atoms with van der Waals surface area (Å²) in [4.78, 5) is 0. The lowest BCUT2D eigenvalue weighted by Crippen LogP contribution is -2.14. The van der Waals surface area contributed by atoms with E-state index in [1.165, 1.54) is 0 Å². The van der Waals surface area contributed by atoms with Crippen LogP contribution < -0.4 is 5.32 Å². The highest BCUT2D eigenvalue weighted by Gasteiger charge is 2.14. The molecule has 0 bridgehead atoms. The Balaban J connectivity index is 2.10. The van der Waals surface area contributed by atoms with Crippen LogP contribution >= 0.6 is 0 Å². The molecule has 0 spiro atoms. The van der Waals surface area contributed by atoms with E-state index >= 15 is 0 Å². The van der Waals surface area contributed by atoms with E-state index in [0.29, 0.717) is 23.6 Å². The third-order valence-corrected chi connectivity index (χ3v) is 2.98. The maximum atomic E-state index is 10.1. The number of nitrogens with zero attached hydrogens (tertiary/aromatic N) is 3. The third kappa shape index (κ3) is 2.75. The molecule has 0 saturated carbocycles. The molecule has 1 aromatic carbocycles. The standard InChI is InChI=1S/C14H16N4O/c1-10-12(8-15)14(18(2)17-10)16-9-13(19)11-6-4-3-5-7-11/h3-7,13,16,19H,9H2,1-2H3. The van der Waals surface area contributed by atoms with Crippen LogP contribution in [0.3, 0.4) is 0 Å². The first kappa shape index (κ1) is 13.1. The van der Waals surface area contributed by atoms with E-state index < -0.39 is 6.10 Å². The van der Waals surface area contributed by atoms with E-state index in [4.69, 9.17) is 5.26 Å². The van der Waals surface area contributed by atoms with E-state index in [0.717, 1.165) is 5.56 Å². The molecular formula is C14H16N4O. The summed E-state index contributed by atoms with van der Waals surface area (Å²) in [5.41, 5.74) is 2.04. The highest BCUT2D eigenvalue weighted by atomic mass is 16.3. The van der Waals surface area contributed by atoms with Crippen LogP contribution in [0.5, 0.6) is 0 Å². The third-order valence-electron chi connectivity index (χ3n) is 2.98. The van der Waals surface area contributed by atoms with Crippen molar-refractivity contribution >= 4 is 5.82 Å². The number of hydrogen-bond donors (Lipinski definition) is 2. The quantitative estimate of drug-likeness (QED) is 0.874. The summed E-state index contributed by atoms with van der Waals surface area (Å²) in [5, 5.41) is 26.4. The topological polar surface area (TPSA) is 73.9 Å². The summed E-state index contributed by atoms with van der Waals surface area (Å²) in [6.07, 6.45) is -0.622. The largest absolute Gasteiger partial charge is 0.387 e. The Morgan fingerprint density at radius 2 is 2.11 bits per heavy atom. The monoisotopic (exact) mass is 256 g/mol. The maximum absolute atomic E-state index is 10.1. The molecule has 0 amide bonds. The van der Waals surface area contributed by atoms with Gasteiger partial charge in [0, 0.05) is 13.6 Å². The SMILES string of the molecule is Cc1nn(C)c(NCC(O)c2ccccc2)c1C#N. The molecule has 0 radical (unpaired) electrons. The average Bonchev–Trinajstić information content (AvgIpc) is 2.70. The predicted octanol–water partition coefficient (Wildman–Crippen LogP) is 1.75. The molecule has 98 valence electrons. The van der Waals surface area contributed by atoms with Gasteiger partial charge in [-0.15, -0.1) is 0 Å². The molecule has 5 heteroatoms. The molecule has 5 nitrogen and oxygen atoms in total. The fourth-order valence-corrected chi connectivity index (χ4v) is 1.98. The Bertz CT molecular complexity index is 598. The second kappa shape index (κ2) is 5.55. The molecule has 0 saturated heterocycles. The first-order valence-corrected chi connectivity index (χ1v) is 6.04. The number of aliphatic hydroxyl groups excluding tert-OH is 1. The van der Waals surface area contributed by atoms with Crippen molar-refractivity contribution < 1.29 is 5.11 Å². The lowest BCUT2D eigenvalue weighted by molar-refractivity contribution is 0.191. The smallest absolute Gasteiger partial charge is 0.142 e. The number of hydrogen-bond acceptors (Lipinski definition) is 4. The number of aliphatic hydroxyl groups is 1. The van der Waals surface area contributed by atoms with Crippen molar-refractivity contribution in [3.63, 3.8) is 0 Å². The molecule has 1 heterocycles. The molecule has 1 unspecified atom stereocenters. The number of benzene rings is 1. The highest BCUT2D eigenvalue weighted by Crippen LogP contribution is 2.19. The Labute approximate surface area is 112 Å². The highest BCUT2D eigenvalue weighted by molar-refractivity contribution is 5.55. The van der Waals surface area contributed by atoms with Gasteiger partial charge in [0.25, 0.3) is 0 Å². The van der Waals surface area contributed by atoms with Crippen LogP contribution in [0.15, 0.2) is 30.3 Å². The van der Waals surface area contributed by atoms with Gasteiger partial charge in [-0.05, 0) is 12.5 Å². The maximum Gasteiger partial charge on any atom is 0.142 e. The van der Waals surface area contributed by atoms with Gasteiger partial charge < -0.3 is 10.4 Å². The zero-order valence-corrected chi connectivity index (χ0v) is 11.0. The normalized spacial score (nSPS) is 11.9. The molecule has 1 atom stereocenters. The number of aromatic nitrogens is 2. The lowest BCUT2D eigenvalue weighted by atomic mass is 10.1. The fraction of sp³-hybridized carbons (Fsp3) is 0.286. The zero-order chi connectivity index (χ0) is 13.8. The van der Waals surface area contributed by atoms with Crippen LogP contribution in [0.1, 0.15) is 22.9 Å². The molecule has 0 fully saturated rings. The van der Waals surface area contributed by atoms with E-state index in [-0.39, 0.29) is 0 Å². The van der Waals surface area contributed by atoms with Crippen molar-refractivity contribution in [2.24, 2.45) is 7.05 Å². The lowest BCUT2D eigenvalue weighted by Gasteiger charge is -2.13. The van der Waals surface area contributed by atoms with E-state index in [1.807, 2.05) is 30.3 Å². The number of nitrogens with one attached hydrogen (secondary N) is 1. The molecular weight excluding hydrogens is 240 g/mol. The summed E-state index contributed by atoms with van der Waals surface area (Å²) >= 11 is 0. The minimum atomic E-state index is -0.622. The van der Waals surface area contributed by atoms with Gasteiger partial charge in [0.05, 0.1) is 11.8 Å². The Morgan fingerprint density at radius 3 is 2.74 bits per heavy atom. The van der Waals surface area contributed by atoms with Crippen molar-refractivity contribution in [1.29, 1.82) is 5.26 Å². The van der Waals surface area contributed by atoms with E-state index in [9.17, 15) is 5.11 Å². The fourth-order valence-electron chi connectivity index (χ4n) is 1.98. The minimum Gasteiger partial charge on any atom is -0.387 e. The minimum absolute atomic E-state index is 0.331. The second-order valence-electron chi connectivity index (χ2n) is 4.35. The molecule has 2 rings (SSSR count). The molecule has 0 aliphatic rings. The summed E-state index contributed by atoms with van der Waals surface area (Å²) < 4.78 is 1.62. The van der Waals surface area contributed by atoms with Crippen molar-refractivity contribution in [2.45, 2.75) is 13.0 Å². The summed E-state index contributed by atoms with van der Waals surface area (Å²) in [7, 11) is 1.77. The summed E-state index contributed by atoms with van der Waals surface area (Å²) in [6, 6.07) is 11.5. The number of anilines is 1. The van der Waals surface area contributed by atoms with Crippen LogP contribution in [0, 0.1) is 18.3 Å². The number of aryl methyl sites for hydroxylation is 2. The van der Waals surface area contributed by atoms with Crippen LogP contribution in [-0.4, -0.2) is 21.4 Å². The molecule has 1 aromatic heterocycles. The van der Waals surface area contributed by atoms with Gasteiger partial charge in [0.1, 0.15) is 17.5 Å². The first-order chi connectivity index (χ1) is 9.13. The number of rotatable bonds is 4. The Morgan fingerprint density at radius 1 is 1.42 bits per heavy atom. The van der Waals surface area contributed by atoms with Crippen molar-refractivity contribution in [2.75, 3.05) is 11.9 Å². The number of nitriles is 1. The van der Waals surface area contributed by atoms with Gasteiger partial charge >= 0.3 is 0 Å². The van der Waals surface area contributed by atoms with Crippen LogP contribution in [-0.2, 0) is 7.05 Å². The van der Waals surface area contributed by atoms with Crippen molar-refractivity contribution in [3.05, 3.63) is 47.2 Å². The van der Waals surface area contributed by atoms with Gasteiger partial charge in [-0.2, -0.15) is 10.4 Å². The average molecular weight is 256 g/mol. The zero-order valence-electron chi connectivity index (χ0n) is 11.0. The molecule has 0 aliphatic carbocycles. The van der Waals surface area contributed by atoms with Crippen LogP contribution in [0.4, 0.5) is 5.82 Å². The van der Waals surface area contributed by atoms with Gasteiger partial charge in [-0.25, -0.2) is 0 Å². The van der Waals surface area contributed by atoms with Gasteiger partial charge in [0.15, 0.2) is 0 Å². The van der Waals surface area contributed by atoms with Crippen molar-refractivity contribution in [1.82, 2.24) is 9.78 Å². The first-order valence-electron chi connectivity index (χ1n) is 6.04. The van der Waals surface area contributed by atoms with E-state index in [2.05, 4.69) is 16.5 Å². The molecule has 2 aromatic rings.